The van der Waals surface area contributed by atoms with E-state index in [0.29, 0.717) is 28.2 Å². The first-order valence-electron chi connectivity index (χ1n) is 10.7. The maximum Gasteiger partial charge on any atom is 0.326 e. The summed E-state index contributed by atoms with van der Waals surface area (Å²) in [6.07, 6.45) is 3.00. The lowest BCUT2D eigenvalue weighted by atomic mass is 10.0. The van der Waals surface area contributed by atoms with Gasteiger partial charge in [0.05, 0.1) is 38.2 Å². The summed E-state index contributed by atoms with van der Waals surface area (Å²) in [6.45, 7) is 1.92. The summed E-state index contributed by atoms with van der Waals surface area (Å²) in [6, 6.07) is 8.51. The fourth-order valence-corrected chi connectivity index (χ4v) is 3.39. The van der Waals surface area contributed by atoms with Gasteiger partial charge in [0, 0.05) is 13.5 Å². The van der Waals surface area contributed by atoms with Crippen LogP contribution in [0.1, 0.15) is 18.2 Å². The summed E-state index contributed by atoms with van der Waals surface area (Å²) >= 11 is 0. The van der Waals surface area contributed by atoms with Gasteiger partial charge >= 0.3 is 12.0 Å². The molecule has 2 amide bonds. The molecule has 0 unspecified atom stereocenters. The number of carbonyl (C=O) groups excluding carboxylic acids is 1. The topological polar surface area (TPSA) is 127 Å². The molecule has 0 aliphatic rings. The Bertz CT molecular complexity index is 1290. The Morgan fingerprint density at radius 2 is 2.03 bits per heavy atom. The second kappa shape index (κ2) is 11.6. The van der Waals surface area contributed by atoms with Crippen LogP contribution in [0.5, 0.6) is 5.75 Å². The number of aryl methyl sites for hydroxylation is 1. The van der Waals surface area contributed by atoms with Crippen LogP contribution in [0.2, 0.25) is 0 Å². The Kier molecular flexibility index (Phi) is 8.29. The first kappa shape index (κ1) is 25.1. The highest BCUT2D eigenvalue weighted by molar-refractivity contribution is 5.83. The van der Waals surface area contributed by atoms with E-state index in [1.54, 1.807) is 50.4 Å². The fourth-order valence-electron chi connectivity index (χ4n) is 3.39. The number of benzene rings is 1. The van der Waals surface area contributed by atoms with Crippen molar-refractivity contribution in [3.8, 4) is 28.7 Å². The van der Waals surface area contributed by atoms with Gasteiger partial charge in [0.15, 0.2) is 5.75 Å². The van der Waals surface area contributed by atoms with Crippen LogP contribution in [0.15, 0.2) is 58.1 Å². The second-order valence-electron chi connectivity index (χ2n) is 7.62. The third kappa shape index (κ3) is 6.29. The minimum Gasteiger partial charge on any atom is -0.494 e. The molecule has 2 aromatic heterocycles. The highest BCUT2D eigenvalue weighted by Gasteiger charge is 2.24. The van der Waals surface area contributed by atoms with Crippen molar-refractivity contribution in [3.63, 3.8) is 0 Å². The van der Waals surface area contributed by atoms with Crippen molar-refractivity contribution in [2.45, 2.75) is 25.9 Å². The van der Waals surface area contributed by atoms with E-state index in [1.807, 2.05) is 0 Å². The lowest BCUT2D eigenvalue weighted by Crippen LogP contribution is -2.48. The highest BCUT2D eigenvalue weighted by Crippen LogP contribution is 2.25. The molecule has 35 heavy (non-hydrogen) atoms. The molecular formula is C25H26N4O6. The van der Waals surface area contributed by atoms with Gasteiger partial charge in [-0.1, -0.05) is 30.2 Å². The zero-order valence-electron chi connectivity index (χ0n) is 19.6. The van der Waals surface area contributed by atoms with Gasteiger partial charge in [0.25, 0.3) is 5.56 Å². The molecule has 0 spiro atoms. The Morgan fingerprint density at radius 3 is 2.63 bits per heavy atom. The van der Waals surface area contributed by atoms with Crippen LogP contribution in [0, 0.1) is 11.8 Å². The summed E-state index contributed by atoms with van der Waals surface area (Å²) in [7, 11) is 3.00. The number of urea groups is 1. The number of ether oxygens (including phenoxy) is 1. The number of hydrogen-bond acceptors (Lipinski definition) is 6. The van der Waals surface area contributed by atoms with E-state index in [1.165, 1.54) is 29.2 Å². The number of rotatable bonds is 9. The number of aliphatic carboxylic acids is 1. The summed E-state index contributed by atoms with van der Waals surface area (Å²) in [4.78, 5) is 38.7. The van der Waals surface area contributed by atoms with Gasteiger partial charge in [-0.15, -0.1) is 5.92 Å². The molecule has 0 saturated carbocycles. The molecule has 0 fully saturated rings. The number of carboxylic acids is 1. The third-order valence-electron chi connectivity index (χ3n) is 5.26. The van der Waals surface area contributed by atoms with E-state index in [2.05, 4.69) is 22.3 Å². The number of hydrogen-bond donors (Lipinski definition) is 2. The average molecular weight is 479 g/mol. The van der Waals surface area contributed by atoms with Gasteiger partial charge in [-0.2, -0.15) is 5.10 Å². The summed E-state index contributed by atoms with van der Waals surface area (Å²) < 4.78 is 11.8. The molecule has 3 rings (SSSR count). The van der Waals surface area contributed by atoms with Crippen molar-refractivity contribution >= 4 is 12.0 Å². The molecule has 0 aliphatic carbocycles. The smallest absolute Gasteiger partial charge is 0.326 e. The molecular weight excluding hydrogens is 452 g/mol. The zero-order chi connectivity index (χ0) is 25.4. The minimum absolute atomic E-state index is 0.0426. The number of amides is 2. The SMILES string of the molecule is CC#CCN(Cc1ccco1)C(=O)N[C@@H](Cc1ccc(-c2c(OC)cnn(C)c2=O)cc1)C(=O)O. The number of nitrogens with zero attached hydrogens (tertiary/aromatic N) is 3. The zero-order valence-corrected chi connectivity index (χ0v) is 19.6. The van der Waals surface area contributed by atoms with E-state index in [4.69, 9.17) is 9.15 Å². The van der Waals surface area contributed by atoms with Gasteiger partial charge < -0.3 is 24.5 Å². The van der Waals surface area contributed by atoms with Gasteiger partial charge in [0.2, 0.25) is 0 Å². The predicted molar refractivity (Wildman–Crippen MR) is 128 cm³/mol. The molecule has 10 nitrogen and oxygen atoms in total. The van der Waals surface area contributed by atoms with E-state index in [9.17, 15) is 19.5 Å². The molecule has 10 heteroatoms. The van der Waals surface area contributed by atoms with Crippen LogP contribution in [-0.4, -0.2) is 51.5 Å². The number of methoxy groups -OCH3 is 1. The van der Waals surface area contributed by atoms with Crippen LogP contribution in [0.4, 0.5) is 4.79 Å². The normalized spacial score (nSPS) is 11.2. The van der Waals surface area contributed by atoms with E-state index >= 15 is 0 Å². The largest absolute Gasteiger partial charge is 0.494 e. The van der Waals surface area contributed by atoms with Crippen LogP contribution >= 0.6 is 0 Å². The molecule has 0 bridgehead atoms. The highest BCUT2D eigenvalue weighted by atomic mass is 16.5. The minimum atomic E-state index is -1.18. The maximum absolute atomic E-state index is 12.8. The van der Waals surface area contributed by atoms with Crippen LogP contribution in [-0.2, 0) is 24.8 Å². The van der Waals surface area contributed by atoms with Crippen molar-refractivity contribution in [3.05, 3.63) is 70.5 Å². The maximum atomic E-state index is 12.8. The standard InChI is InChI=1S/C25H26N4O6/c1-4-5-12-29(16-19-7-6-13-35-19)25(33)27-20(24(31)32)14-17-8-10-18(11-9-17)22-21(34-3)15-26-28(2)23(22)30/h6-11,13,15,20H,12,14,16H2,1-3H3,(H,27,33)(H,31,32)/t20-/m0/s1. The Hall–Kier alpha value is -4.52. The molecule has 1 aromatic carbocycles. The number of furan rings is 1. The van der Waals surface area contributed by atoms with E-state index in [0.717, 1.165) is 0 Å². The monoisotopic (exact) mass is 478 g/mol. The Balaban J connectivity index is 1.76. The predicted octanol–water partition coefficient (Wildman–Crippen LogP) is 2.28. The van der Waals surface area contributed by atoms with Gasteiger partial charge in [-0.05, 0) is 30.2 Å². The summed E-state index contributed by atoms with van der Waals surface area (Å²) in [5, 5.41) is 16.2. The quantitative estimate of drug-likeness (QED) is 0.452. The Morgan fingerprint density at radius 1 is 1.29 bits per heavy atom. The van der Waals surface area contributed by atoms with Crippen LogP contribution in [0.3, 0.4) is 0 Å². The van der Waals surface area contributed by atoms with Gasteiger partial charge in [-0.25, -0.2) is 14.3 Å². The summed E-state index contributed by atoms with van der Waals surface area (Å²) in [5.74, 6) is 5.26. The van der Waals surface area contributed by atoms with Crippen LogP contribution < -0.4 is 15.6 Å². The molecule has 2 heterocycles. The molecule has 0 radical (unpaired) electrons. The molecule has 0 saturated heterocycles. The van der Waals surface area contributed by atoms with E-state index < -0.39 is 18.0 Å². The number of nitrogens with one attached hydrogen (secondary N) is 1. The molecule has 3 aromatic rings. The lowest BCUT2D eigenvalue weighted by Gasteiger charge is -2.23. The fraction of sp³-hybridized carbons (Fsp3) is 0.280. The van der Waals surface area contributed by atoms with Crippen molar-refractivity contribution in [1.29, 1.82) is 0 Å². The average Bonchev–Trinajstić information content (AvgIpc) is 3.36. The van der Waals surface area contributed by atoms with Gasteiger partial charge in [-0.3, -0.25) is 4.79 Å². The molecule has 182 valence electrons. The first-order valence-corrected chi connectivity index (χ1v) is 10.7. The molecule has 0 aliphatic heterocycles. The first-order chi connectivity index (χ1) is 16.8. The van der Waals surface area contributed by atoms with Crippen molar-refractivity contribution < 1.29 is 23.8 Å². The number of carboxylic acid groups (broad SMARTS) is 1. The third-order valence-corrected chi connectivity index (χ3v) is 5.26. The summed E-state index contributed by atoms with van der Waals surface area (Å²) in [5.41, 5.74) is 1.30. The number of aromatic nitrogens is 2. The van der Waals surface area contributed by atoms with E-state index in [-0.39, 0.29) is 25.1 Å². The van der Waals surface area contributed by atoms with Crippen molar-refractivity contribution in [1.82, 2.24) is 20.0 Å². The second-order valence-corrected chi connectivity index (χ2v) is 7.62. The number of carbonyl (C=O) groups is 2. The molecule has 1 atom stereocenters. The Labute approximate surface area is 202 Å². The van der Waals surface area contributed by atoms with Crippen LogP contribution in [0.25, 0.3) is 11.1 Å². The van der Waals surface area contributed by atoms with Gasteiger partial charge in [0.1, 0.15) is 11.8 Å². The van der Waals surface area contributed by atoms with Crippen molar-refractivity contribution in [2.75, 3.05) is 13.7 Å². The van der Waals surface area contributed by atoms with Crippen molar-refractivity contribution in [2.24, 2.45) is 7.05 Å². The lowest BCUT2D eigenvalue weighted by molar-refractivity contribution is -0.139. The molecule has 2 N–H and O–H groups in total.